The number of carbonyl (C=O) groups excluding carboxylic acids is 1. The summed E-state index contributed by atoms with van der Waals surface area (Å²) in [6, 6.07) is 12.2. The molecular weight excluding hydrogens is 284 g/mol. The standard InChI is InChI=1S/C17H18O3S/c1-12-7-8-13(2)15(9-12)11-17(18)14-5-4-6-16(10-14)21(3,19)20/h4-10H,11H2,1-3H3. The third-order valence-corrected chi connectivity index (χ3v) is 4.55. The Kier molecular flexibility index (Phi) is 4.28. The van der Waals surface area contributed by atoms with Gasteiger partial charge in [0.25, 0.3) is 0 Å². The minimum Gasteiger partial charge on any atom is -0.294 e. The maximum atomic E-state index is 12.4. The van der Waals surface area contributed by atoms with Crippen molar-refractivity contribution in [1.82, 2.24) is 0 Å². The average Bonchev–Trinajstić information content (AvgIpc) is 2.42. The fourth-order valence-corrected chi connectivity index (χ4v) is 2.83. The van der Waals surface area contributed by atoms with E-state index in [2.05, 4.69) is 0 Å². The predicted molar refractivity (Wildman–Crippen MR) is 83.5 cm³/mol. The Hall–Kier alpha value is -1.94. The summed E-state index contributed by atoms with van der Waals surface area (Å²) < 4.78 is 23.1. The Morgan fingerprint density at radius 3 is 2.43 bits per heavy atom. The van der Waals surface area contributed by atoms with Crippen LogP contribution in [0.25, 0.3) is 0 Å². The molecule has 0 aliphatic heterocycles. The number of Topliss-reactive ketones (excluding diaryl/α,β-unsaturated/α-hetero) is 1. The molecule has 0 N–H and O–H groups in total. The van der Waals surface area contributed by atoms with Gasteiger partial charge in [-0.2, -0.15) is 0 Å². The van der Waals surface area contributed by atoms with Crippen molar-refractivity contribution in [1.29, 1.82) is 0 Å². The Bertz CT molecular complexity index is 789. The van der Waals surface area contributed by atoms with Gasteiger partial charge >= 0.3 is 0 Å². The second-order valence-electron chi connectivity index (χ2n) is 5.33. The van der Waals surface area contributed by atoms with E-state index in [0.29, 0.717) is 5.56 Å². The Balaban J connectivity index is 2.31. The monoisotopic (exact) mass is 302 g/mol. The quantitative estimate of drug-likeness (QED) is 0.815. The van der Waals surface area contributed by atoms with E-state index in [1.807, 2.05) is 32.0 Å². The largest absolute Gasteiger partial charge is 0.294 e. The van der Waals surface area contributed by atoms with Gasteiger partial charge in [0.15, 0.2) is 15.6 Å². The molecule has 0 amide bonds. The van der Waals surface area contributed by atoms with Crippen LogP contribution in [0.2, 0.25) is 0 Å². The Labute approximate surface area is 125 Å². The first-order valence-corrected chi connectivity index (χ1v) is 8.56. The molecule has 0 aromatic heterocycles. The zero-order valence-electron chi connectivity index (χ0n) is 12.4. The SMILES string of the molecule is Cc1ccc(C)c(CC(=O)c2cccc(S(C)(=O)=O)c2)c1. The van der Waals surface area contributed by atoms with E-state index < -0.39 is 9.84 Å². The van der Waals surface area contributed by atoms with Crippen molar-refractivity contribution in [2.75, 3.05) is 6.26 Å². The summed E-state index contributed by atoms with van der Waals surface area (Å²) in [7, 11) is -3.30. The van der Waals surface area contributed by atoms with E-state index >= 15 is 0 Å². The topological polar surface area (TPSA) is 51.2 Å². The summed E-state index contributed by atoms with van der Waals surface area (Å²) in [6.45, 7) is 3.95. The second kappa shape index (κ2) is 5.82. The van der Waals surface area contributed by atoms with Crippen LogP contribution in [0.5, 0.6) is 0 Å². The first kappa shape index (κ1) is 15.4. The van der Waals surface area contributed by atoms with Gasteiger partial charge in [-0.3, -0.25) is 4.79 Å². The van der Waals surface area contributed by atoms with Gasteiger partial charge in [0.05, 0.1) is 4.90 Å². The van der Waals surface area contributed by atoms with Crippen molar-refractivity contribution < 1.29 is 13.2 Å². The number of hydrogen-bond acceptors (Lipinski definition) is 3. The van der Waals surface area contributed by atoms with Gasteiger partial charge in [0.2, 0.25) is 0 Å². The van der Waals surface area contributed by atoms with Gasteiger partial charge in [0, 0.05) is 18.2 Å². The molecule has 2 aromatic rings. The molecule has 0 fully saturated rings. The predicted octanol–water partition coefficient (Wildman–Crippen LogP) is 3.13. The Morgan fingerprint density at radius 2 is 1.76 bits per heavy atom. The van der Waals surface area contributed by atoms with Crippen molar-refractivity contribution in [3.8, 4) is 0 Å². The molecule has 2 aromatic carbocycles. The van der Waals surface area contributed by atoms with E-state index in [4.69, 9.17) is 0 Å². The van der Waals surface area contributed by atoms with Gasteiger partial charge < -0.3 is 0 Å². The fraction of sp³-hybridized carbons (Fsp3) is 0.235. The molecule has 0 saturated carbocycles. The highest BCUT2D eigenvalue weighted by molar-refractivity contribution is 7.90. The van der Waals surface area contributed by atoms with Crippen molar-refractivity contribution in [2.24, 2.45) is 0 Å². The number of aryl methyl sites for hydroxylation is 2. The van der Waals surface area contributed by atoms with Crippen LogP contribution >= 0.6 is 0 Å². The number of benzene rings is 2. The first-order chi connectivity index (χ1) is 9.77. The third-order valence-electron chi connectivity index (χ3n) is 3.44. The van der Waals surface area contributed by atoms with Crippen molar-refractivity contribution in [2.45, 2.75) is 25.2 Å². The summed E-state index contributed by atoms with van der Waals surface area (Å²) in [6.07, 6.45) is 1.42. The molecule has 4 heteroatoms. The molecule has 0 spiro atoms. The lowest BCUT2D eigenvalue weighted by Gasteiger charge is -2.07. The van der Waals surface area contributed by atoms with Crippen LogP contribution in [-0.4, -0.2) is 20.5 Å². The highest BCUT2D eigenvalue weighted by Crippen LogP contribution is 2.16. The van der Waals surface area contributed by atoms with Gasteiger partial charge in [0.1, 0.15) is 0 Å². The van der Waals surface area contributed by atoms with Crippen molar-refractivity contribution >= 4 is 15.6 Å². The number of rotatable bonds is 4. The lowest BCUT2D eigenvalue weighted by Crippen LogP contribution is -2.07. The van der Waals surface area contributed by atoms with Gasteiger partial charge in [-0.15, -0.1) is 0 Å². The number of sulfone groups is 1. The minimum atomic E-state index is -3.30. The molecule has 2 rings (SSSR count). The number of hydrogen-bond donors (Lipinski definition) is 0. The highest BCUT2D eigenvalue weighted by Gasteiger charge is 2.13. The minimum absolute atomic E-state index is 0.0748. The molecule has 110 valence electrons. The van der Waals surface area contributed by atoms with E-state index in [-0.39, 0.29) is 17.1 Å². The van der Waals surface area contributed by atoms with E-state index in [1.165, 1.54) is 12.1 Å². The number of carbonyl (C=O) groups is 1. The zero-order chi connectivity index (χ0) is 15.6. The lowest BCUT2D eigenvalue weighted by atomic mass is 9.98. The van der Waals surface area contributed by atoms with Gasteiger partial charge in [-0.05, 0) is 37.1 Å². The molecule has 0 heterocycles. The van der Waals surface area contributed by atoms with Crippen LogP contribution in [0.15, 0.2) is 47.4 Å². The number of ketones is 1. The normalized spacial score (nSPS) is 11.4. The zero-order valence-corrected chi connectivity index (χ0v) is 13.2. The molecule has 0 bridgehead atoms. The third kappa shape index (κ3) is 3.79. The highest BCUT2D eigenvalue weighted by atomic mass is 32.2. The molecule has 0 saturated heterocycles. The van der Waals surface area contributed by atoms with Crippen LogP contribution in [0.3, 0.4) is 0 Å². The second-order valence-corrected chi connectivity index (χ2v) is 7.35. The molecule has 0 aliphatic carbocycles. The molecule has 0 unspecified atom stereocenters. The Morgan fingerprint density at radius 1 is 1.05 bits per heavy atom. The fourth-order valence-electron chi connectivity index (χ4n) is 2.17. The van der Waals surface area contributed by atoms with Gasteiger partial charge in [-0.25, -0.2) is 8.42 Å². The summed E-state index contributed by atoms with van der Waals surface area (Å²) in [5.41, 5.74) is 3.57. The first-order valence-electron chi connectivity index (χ1n) is 6.67. The van der Waals surface area contributed by atoms with Gasteiger partial charge in [-0.1, -0.05) is 35.9 Å². The summed E-state index contributed by atoms with van der Waals surface area (Å²) in [5.74, 6) is -0.0748. The van der Waals surface area contributed by atoms with Crippen LogP contribution < -0.4 is 0 Å². The van der Waals surface area contributed by atoms with E-state index in [9.17, 15) is 13.2 Å². The van der Waals surface area contributed by atoms with Crippen LogP contribution in [0.4, 0.5) is 0 Å². The van der Waals surface area contributed by atoms with Crippen LogP contribution in [0, 0.1) is 13.8 Å². The van der Waals surface area contributed by atoms with Crippen molar-refractivity contribution in [3.05, 3.63) is 64.7 Å². The molecular formula is C17H18O3S. The maximum Gasteiger partial charge on any atom is 0.175 e. The smallest absolute Gasteiger partial charge is 0.175 e. The van der Waals surface area contributed by atoms with E-state index in [1.54, 1.807) is 12.1 Å². The molecule has 0 aliphatic rings. The summed E-state index contributed by atoms with van der Waals surface area (Å²) in [5, 5.41) is 0. The van der Waals surface area contributed by atoms with E-state index in [0.717, 1.165) is 22.9 Å². The van der Waals surface area contributed by atoms with Crippen molar-refractivity contribution in [3.63, 3.8) is 0 Å². The summed E-state index contributed by atoms with van der Waals surface area (Å²) >= 11 is 0. The molecule has 21 heavy (non-hydrogen) atoms. The molecule has 0 atom stereocenters. The van der Waals surface area contributed by atoms with Crippen LogP contribution in [-0.2, 0) is 16.3 Å². The van der Waals surface area contributed by atoms with Crippen LogP contribution in [0.1, 0.15) is 27.0 Å². The average molecular weight is 302 g/mol. The lowest BCUT2D eigenvalue weighted by molar-refractivity contribution is 0.0992. The summed E-state index contributed by atoms with van der Waals surface area (Å²) in [4.78, 5) is 12.5. The molecule has 3 nitrogen and oxygen atoms in total. The molecule has 0 radical (unpaired) electrons. The maximum absolute atomic E-state index is 12.4.